The van der Waals surface area contributed by atoms with Gasteiger partial charge in [0, 0.05) is 20.6 Å². The number of hydrogen-bond donors (Lipinski definition) is 1. The van der Waals surface area contributed by atoms with Crippen molar-refractivity contribution in [2.45, 2.75) is 6.42 Å². The maximum atomic E-state index is 12.1. The van der Waals surface area contributed by atoms with Crippen LogP contribution in [0.2, 0.25) is 0 Å². The molecule has 1 aromatic heterocycles. The number of nitrogens with one attached hydrogen (secondary N) is 1. The summed E-state index contributed by atoms with van der Waals surface area (Å²) in [5.74, 6) is 1.44. The van der Waals surface area contributed by atoms with E-state index in [9.17, 15) is 4.79 Å². The summed E-state index contributed by atoms with van der Waals surface area (Å²) in [6, 6.07) is 13.2. The monoisotopic (exact) mass is 299 g/mol. The normalized spacial score (nSPS) is 10.1. The number of hydrogen-bond acceptors (Lipinski definition) is 4. The maximum Gasteiger partial charge on any atom is 0.269 e. The van der Waals surface area contributed by atoms with Crippen LogP contribution < -0.4 is 15.0 Å². The highest BCUT2D eigenvalue weighted by Gasteiger charge is 2.08. The van der Waals surface area contributed by atoms with Crippen molar-refractivity contribution in [2.24, 2.45) is 0 Å². The molecule has 116 valence electrons. The molecule has 0 saturated carbocycles. The molecule has 0 fully saturated rings. The quantitative estimate of drug-likeness (QED) is 0.888. The molecule has 0 aliphatic carbocycles. The number of amides is 1. The first kappa shape index (κ1) is 15.8. The average molecular weight is 299 g/mol. The van der Waals surface area contributed by atoms with Crippen LogP contribution in [0.4, 0.5) is 5.82 Å². The third kappa shape index (κ3) is 4.22. The summed E-state index contributed by atoms with van der Waals surface area (Å²) in [5.41, 5.74) is 1.58. The van der Waals surface area contributed by atoms with Gasteiger partial charge in [0.25, 0.3) is 5.91 Å². The van der Waals surface area contributed by atoms with E-state index in [1.54, 1.807) is 13.2 Å². The van der Waals surface area contributed by atoms with Gasteiger partial charge in [-0.25, -0.2) is 4.98 Å². The Morgan fingerprint density at radius 1 is 1.18 bits per heavy atom. The van der Waals surface area contributed by atoms with E-state index in [0.717, 1.165) is 23.6 Å². The molecule has 1 aromatic carbocycles. The Balaban J connectivity index is 1.88. The molecule has 0 spiro atoms. The number of anilines is 1. The molecule has 2 aromatic rings. The molecule has 0 bridgehead atoms. The zero-order valence-corrected chi connectivity index (χ0v) is 13.2. The number of carbonyl (C=O) groups is 1. The Morgan fingerprint density at radius 3 is 2.55 bits per heavy atom. The zero-order chi connectivity index (χ0) is 15.9. The van der Waals surface area contributed by atoms with Crippen molar-refractivity contribution in [3.63, 3.8) is 0 Å². The van der Waals surface area contributed by atoms with Crippen LogP contribution in [0.3, 0.4) is 0 Å². The van der Waals surface area contributed by atoms with Gasteiger partial charge in [0.05, 0.1) is 7.11 Å². The lowest BCUT2D eigenvalue weighted by atomic mass is 10.1. The van der Waals surface area contributed by atoms with E-state index in [1.807, 2.05) is 55.4 Å². The highest BCUT2D eigenvalue weighted by atomic mass is 16.5. The molecular weight excluding hydrogens is 278 g/mol. The predicted molar refractivity (Wildman–Crippen MR) is 87.6 cm³/mol. The number of ether oxygens (including phenoxy) is 1. The SMILES string of the molecule is COc1ccc(CCNC(=O)c2cccc(N(C)C)n2)cc1. The van der Waals surface area contributed by atoms with Gasteiger partial charge >= 0.3 is 0 Å². The van der Waals surface area contributed by atoms with Crippen LogP contribution in [0, 0.1) is 0 Å². The lowest BCUT2D eigenvalue weighted by Gasteiger charge is -2.12. The topological polar surface area (TPSA) is 54.5 Å². The van der Waals surface area contributed by atoms with E-state index in [1.165, 1.54) is 0 Å². The fourth-order valence-corrected chi connectivity index (χ4v) is 2.00. The van der Waals surface area contributed by atoms with Gasteiger partial charge in [0.2, 0.25) is 0 Å². The predicted octanol–water partition coefficient (Wildman–Crippen LogP) is 2.13. The standard InChI is InChI=1S/C17H21N3O2/c1-20(2)16-6-4-5-15(19-16)17(21)18-12-11-13-7-9-14(22-3)10-8-13/h4-10H,11-12H2,1-3H3,(H,18,21). The molecule has 0 aliphatic rings. The minimum Gasteiger partial charge on any atom is -0.497 e. The fraction of sp³-hybridized carbons (Fsp3) is 0.294. The second-order valence-corrected chi connectivity index (χ2v) is 5.13. The van der Waals surface area contributed by atoms with E-state index >= 15 is 0 Å². The van der Waals surface area contributed by atoms with Crippen molar-refractivity contribution in [1.82, 2.24) is 10.3 Å². The lowest BCUT2D eigenvalue weighted by molar-refractivity contribution is 0.0949. The summed E-state index contributed by atoms with van der Waals surface area (Å²) in [5, 5.41) is 2.89. The van der Waals surface area contributed by atoms with Gasteiger partial charge in [-0.2, -0.15) is 0 Å². The third-order valence-electron chi connectivity index (χ3n) is 3.28. The molecule has 22 heavy (non-hydrogen) atoms. The van der Waals surface area contributed by atoms with Crippen LogP contribution in [-0.2, 0) is 6.42 Å². The largest absolute Gasteiger partial charge is 0.497 e. The number of aromatic nitrogens is 1. The van der Waals surface area contributed by atoms with Crippen molar-refractivity contribution < 1.29 is 9.53 Å². The molecule has 0 radical (unpaired) electrons. The van der Waals surface area contributed by atoms with Gasteiger partial charge in [-0.15, -0.1) is 0 Å². The van der Waals surface area contributed by atoms with E-state index in [2.05, 4.69) is 10.3 Å². The second-order valence-electron chi connectivity index (χ2n) is 5.13. The van der Waals surface area contributed by atoms with Gasteiger partial charge in [-0.1, -0.05) is 18.2 Å². The van der Waals surface area contributed by atoms with Gasteiger partial charge in [-0.05, 0) is 36.2 Å². The Morgan fingerprint density at radius 2 is 1.91 bits per heavy atom. The highest BCUT2D eigenvalue weighted by Crippen LogP contribution is 2.11. The molecule has 0 aliphatic heterocycles. The number of nitrogens with zero attached hydrogens (tertiary/aromatic N) is 2. The van der Waals surface area contributed by atoms with Crippen molar-refractivity contribution in [3.05, 3.63) is 53.7 Å². The van der Waals surface area contributed by atoms with Crippen LogP contribution in [-0.4, -0.2) is 38.6 Å². The Kier molecular flexibility index (Phi) is 5.36. The molecule has 1 heterocycles. The molecular formula is C17H21N3O2. The number of carbonyl (C=O) groups excluding carboxylic acids is 1. The van der Waals surface area contributed by atoms with Crippen LogP contribution in [0.15, 0.2) is 42.5 Å². The molecule has 5 heteroatoms. The Labute approximate surface area is 130 Å². The minimum atomic E-state index is -0.155. The summed E-state index contributed by atoms with van der Waals surface area (Å²) in [7, 11) is 5.44. The molecule has 1 amide bonds. The van der Waals surface area contributed by atoms with Crippen LogP contribution in [0.5, 0.6) is 5.75 Å². The molecule has 2 rings (SSSR count). The number of benzene rings is 1. The highest BCUT2D eigenvalue weighted by molar-refractivity contribution is 5.92. The van der Waals surface area contributed by atoms with Crippen LogP contribution in [0.1, 0.15) is 16.1 Å². The van der Waals surface area contributed by atoms with Crippen molar-refractivity contribution in [2.75, 3.05) is 32.6 Å². The summed E-state index contributed by atoms with van der Waals surface area (Å²) in [4.78, 5) is 18.3. The Bertz CT molecular complexity index is 624. The van der Waals surface area contributed by atoms with Crippen molar-refractivity contribution >= 4 is 11.7 Å². The van der Waals surface area contributed by atoms with E-state index < -0.39 is 0 Å². The summed E-state index contributed by atoms with van der Waals surface area (Å²) in [6.45, 7) is 0.568. The van der Waals surface area contributed by atoms with Crippen molar-refractivity contribution in [1.29, 1.82) is 0 Å². The summed E-state index contributed by atoms with van der Waals surface area (Å²) in [6.07, 6.45) is 0.767. The van der Waals surface area contributed by atoms with E-state index in [0.29, 0.717) is 12.2 Å². The summed E-state index contributed by atoms with van der Waals surface area (Å²) >= 11 is 0. The third-order valence-corrected chi connectivity index (χ3v) is 3.28. The van der Waals surface area contributed by atoms with Gasteiger partial charge < -0.3 is 15.0 Å². The zero-order valence-electron chi connectivity index (χ0n) is 13.2. The number of pyridine rings is 1. The van der Waals surface area contributed by atoms with Gasteiger partial charge in [0.1, 0.15) is 17.3 Å². The maximum absolute atomic E-state index is 12.1. The first-order chi connectivity index (χ1) is 10.6. The smallest absolute Gasteiger partial charge is 0.269 e. The van der Waals surface area contributed by atoms with Crippen LogP contribution in [0.25, 0.3) is 0 Å². The van der Waals surface area contributed by atoms with Crippen LogP contribution >= 0.6 is 0 Å². The number of rotatable bonds is 6. The van der Waals surface area contributed by atoms with E-state index in [-0.39, 0.29) is 5.91 Å². The van der Waals surface area contributed by atoms with E-state index in [4.69, 9.17) is 4.74 Å². The van der Waals surface area contributed by atoms with Gasteiger partial charge in [0.15, 0.2) is 0 Å². The summed E-state index contributed by atoms with van der Waals surface area (Å²) < 4.78 is 5.12. The Hall–Kier alpha value is -2.56. The fourth-order valence-electron chi connectivity index (χ4n) is 2.00. The van der Waals surface area contributed by atoms with Gasteiger partial charge in [-0.3, -0.25) is 4.79 Å². The first-order valence-electron chi connectivity index (χ1n) is 7.15. The first-order valence-corrected chi connectivity index (χ1v) is 7.15. The molecule has 1 N–H and O–H groups in total. The average Bonchev–Trinajstić information content (AvgIpc) is 2.55. The number of methoxy groups -OCH3 is 1. The molecule has 0 saturated heterocycles. The lowest BCUT2D eigenvalue weighted by Crippen LogP contribution is -2.27. The second kappa shape index (κ2) is 7.45. The molecule has 0 unspecified atom stereocenters. The van der Waals surface area contributed by atoms with Crippen molar-refractivity contribution in [3.8, 4) is 5.75 Å². The minimum absolute atomic E-state index is 0.155. The molecule has 0 atom stereocenters. The molecule has 5 nitrogen and oxygen atoms in total.